The van der Waals surface area contributed by atoms with Crippen LogP contribution in [0, 0.1) is 12.3 Å². The summed E-state index contributed by atoms with van der Waals surface area (Å²) in [7, 11) is 1.85. The highest BCUT2D eigenvalue weighted by Gasteiger charge is 2.00. The van der Waals surface area contributed by atoms with E-state index in [1.807, 2.05) is 24.6 Å². The molecule has 3 nitrogen and oxygen atoms in total. The second kappa shape index (κ2) is 4.39. The van der Waals surface area contributed by atoms with Gasteiger partial charge >= 0.3 is 0 Å². The molecule has 0 bridgehead atoms. The van der Waals surface area contributed by atoms with Crippen molar-refractivity contribution in [3.05, 3.63) is 29.6 Å². The van der Waals surface area contributed by atoms with Crippen LogP contribution in [0.4, 0.5) is 0 Å². The first kappa shape index (κ1) is 11.4. The molecule has 0 aliphatic heterocycles. The van der Waals surface area contributed by atoms with Crippen LogP contribution < -0.4 is 9.67 Å². The lowest BCUT2D eigenvalue weighted by Crippen LogP contribution is -2.33. The van der Waals surface area contributed by atoms with Gasteiger partial charge in [-0.05, 0) is 12.0 Å². The molecule has 1 aromatic heterocycles. The quantitative estimate of drug-likeness (QED) is 0.337. The van der Waals surface area contributed by atoms with E-state index in [4.69, 9.17) is 5.41 Å². The lowest BCUT2D eigenvalue weighted by molar-refractivity contribution is -0.677. The van der Waals surface area contributed by atoms with E-state index in [0.717, 1.165) is 5.69 Å². The van der Waals surface area contributed by atoms with Gasteiger partial charge in [-0.2, -0.15) is 0 Å². The molecule has 0 radical (unpaired) electrons. The maximum atomic E-state index is 10.6. The van der Waals surface area contributed by atoms with Crippen LogP contribution >= 0.6 is 24.0 Å². The van der Waals surface area contributed by atoms with Crippen LogP contribution in [0.2, 0.25) is 0 Å². The molecule has 12 heavy (non-hydrogen) atoms. The van der Waals surface area contributed by atoms with E-state index in [9.17, 15) is 5.11 Å². The van der Waals surface area contributed by atoms with Gasteiger partial charge in [-0.3, -0.25) is 0 Å². The molecule has 66 valence electrons. The zero-order valence-corrected chi connectivity index (χ0v) is 9.33. The summed E-state index contributed by atoms with van der Waals surface area (Å²) in [6.45, 7) is 1.94. The third kappa shape index (κ3) is 2.44. The Kier molecular flexibility index (Phi) is 4.16. The summed E-state index contributed by atoms with van der Waals surface area (Å²) >= 11 is 0. The van der Waals surface area contributed by atoms with Crippen LogP contribution in [-0.4, -0.2) is 5.90 Å². The van der Waals surface area contributed by atoms with Crippen LogP contribution in [0.5, 0.6) is 0 Å². The minimum Gasteiger partial charge on any atom is -0.859 e. The number of aromatic nitrogens is 1. The molecule has 1 aromatic rings. The van der Waals surface area contributed by atoms with Crippen LogP contribution in [0.15, 0.2) is 18.3 Å². The van der Waals surface area contributed by atoms with Crippen molar-refractivity contribution in [3.8, 4) is 0 Å². The van der Waals surface area contributed by atoms with Crippen molar-refractivity contribution in [2.24, 2.45) is 7.05 Å². The van der Waals surface area contributed by atoms with E-state index in [2.05, 4.69) is 0 Å². The van der Waals surface area contributed by atoms with Gasteiger partial charge in [-0.1, -0.05) is 0 Å². The van der Waals surface area contributed by atoms with Gasteiger partial charge in [0.2, 0.25) is 0 Å². The molecular weight excluding hydrogens is 267 g/mol. The highest BCUT2D eigenvalue weighted by molar-refractivity contribution is 14.0. The van der Waals surface area contributed by atoms with E-state index in [-0.39, 0.29) is 24.0 Å². The third-order valence-electron chi connectivity index (χ3n) is 1.66. The smallest absolute Gasteiger partial charge is 0.177 e. The number of halogens is 1. The Morgan fingerprint density at radius 1 is 1.50 bits per heavy atom. The SMILES string of the molecule is Cc1ccc(C(=N)[O-])c[n+]1C.I. The number of pyridine rings is 1. The minimum atomic E-state index is -0.638. The average Bonchev–Trinajstić information content (AvgIpc) is 1.94. The minimum absolute atomic E-state index is 0. The molecule has 0 spiro atoms. The van der Waals surface area contributed by atoms with Gasteiger partial charge in [0.25, 0.3) is 0 Å². The van der Waals surface area contributed by atoms with Crippen LogP contribution in [-0.2, 0) is 7.05 Å². The molecule has 0 saturated carbocycles. The maximum absolute atomic E-state index is 10.6. The van der Waals surface area contributed by atoms with E-state index < -0.39 is 5.90 Å². The molecular formula is C8H11IN2O. The van der Waals surface area contributed by atoms with Crippen molar-refractivity contribution in [2.75, 3.05) is 0 Å². The van der Waals surface area contributed by atoms with Crippen LogP contribution in [0.3, 0.4) is 0 Å². The predicted molar refractivity (Wildman–Crippen MR) is 54.6 cm³/mol. The van der Waals surface area contributed by atoms with Crippen molar-refractivity contribution in [2.45, 2.75) is 6.92 Å². The van der Waals surface area contributed by atoms with Crippen molar-refractivity contribution in [3.63, 3.8) is 0 Å². The second-order valence-corrected chi connectivity index (χ2v) is 2.50. The van der Waals surface area contributed by atoms with Gasteiger partial charge in [0.05, 0.1) is 0 Å². The molecule has 0 saturated heterocycles. The number of rotatable bonds is 1. The Hall–Kier alpha value is -0.650. The molecule has 0 atom stereocenters. The number of hydrogen-bond acceptors (Lipinski definition) is 2. The maximum Gasteiger partial charge on any atom is 0.177 e. The summed E-state index contributed by atoms with van der Waals surface area (Å²) in [4.78, 5) is 0. The fourth-order valence-corrected chi connectivity index (χ4v) is 0.816. The molecule has 0 aliphatic rings. The zero-order chi connectivity index (χ0) is 8.43. The van der Waals surface area contributed by atoms with Crippen molar-refractivity contribution >= 4 is 29.9 Å². The fourth-order valence-electron chi connectivity index (χ4n) is 0.816. The second-order valence-electron chi connectivity index (χ2n) is 2.50. The first-order valence-electron chi connectivity index (χ1n) is 3.33. The lowest BCUT2D eigenvalue weighted by Gasteiger charge is -2.04. The van der Waals surface area contributed by atoms with E-state index in [1.165, 1.54) is 0 Å². The molecule has 0 aromatic carbocycles. The summed E-state index contributed by atoms with van der Waals surface area (Å²) in [6, 6.07) is 3.48. The van der Waals surface area contributed by atoms with Gasteiger partial charge < -0.3 is 10.5 Å². The molecule has 0 fully saturated rings. The Morgan fingerprint density at radius 3 is 2.50 bits per heavy atom. The fraction of sp³-hybridized carbons (Fsp3) is 0.250. The van der Waals surface area contributed by atoms with Crippen LogP contribution in [0.25, 0.3) is 0 Å². The first-order valence-corrected chi connectivity index (χ1v) is 3.33. The average molecular weight is 278 g/mol. The molecule has 0 unspecified atom stereocenters. The van der Waals surface area contributed by atoms with Gasteiger partial charge in [0.1, 0.15) is 7.05 Å². The topological polar surface area (TPSA) is 50.8 Å². The first-order chi connectivity index (χ1) is 5.11. The normalized spacial score (nSPS) is 8.83. The standard InChI is InChI=1S/C8H10N2O.HI/c1-6-3-4-7(8(9)11)5-10(6)2;/h3-5H,1-2H3,(H-,9,11);1H. The molecule has 1 rings (SSSR count). The number of nitrogens with zero attached hydrogens (tertiary/aromatic N) is 1. The van der Waals surface area contributed by atoms with Gasteiger partial charge in [0, 0.05) is 18.6 Å². The Balaban J connectivity index is 0.00000121. The number of aryl methyl sites for hydroxylation is 2. The van der Waals surface area contributed by atoms with Crippen molar-refractivity contribution in [1.82, 2.24) is 0 Å². The van der Waals surface area contributed by atoms with Crippen molar-refractivity contribution in [1.29, 1.82) is 5.41 Å². The summed E-state index contributed by atoms with van der Waals surface area (Å²) in [5.74, 6) is -0.638. The van der Waals surface area contributed by atoms with Gasteiger partial charge in [0.15, 0.2) is 11.9 Å². The van der Waals surface area contributed by atoms with Gasteiger partial charge in [-0.15, -0.1) is 24.0 Å². The Bertz CT molecular complexity index is 299. The molecule has 1 N–H and O–H groups in total. The van der Waals surface area contributed by atoms with Crippen molar-refractivity contribution < 1.29 is 9.67 Å². The van der Waals surface area contributed by atoms with E-state index >= 15 is 0 Å². The summed E-state index contributed by atoms with van der Waals surface area (Å²) < 4.78 is 1.82. The third-order valence-corrected chi connectivity index (χ3v) is 1.66. The highest BCUT2D eigenvalue weighted by atomic mass is 127. The highest BCUT2D eigenvalue weighted by Crippen LogP contribution is 1.94. The molecule has 1 heterocycles. The number of hydrogen-bond donors (Lipinski definition) is 1. The molecule has 0 aliphatic carbocycles. The Labute approximate surface area is 88.6 Å². The molecule has 0 amide bonds. The Morgan fingerprint density at radius 2 is 2.08 bits per heavy atom. The van der Waals surface area contributed by atoms with Crippen LogP contribution in [0.1, 0.15) is 11.3 Å². The lowest BCUT2D eigenvalue weighted by atomic mass is 10.2. The predicted octanol–water partition coefficient (Wildman–Crippen LogP) is 0.123. The zero-order valence-electron chi connectivity index (χ0n) is 7.00. The summed E-state index contributed by atoms with van der Waals surface area (Å²) in [6.07, 6.45) is 1.66. The largest absolute Gasteiger partial charge is 0.859 e. The molecule has 4 heteroatoms. The summed E-state index contributed by atoms with van der Waals surface area (Å²) in [5.41, 5.74) is 1.49. The van der Waals surface area contributed by atoms with E-state index in [0.29, 0.717) is 5.56 Å². The summed E-state index contributed by atoms with van der Waals surface area (Å²) in [5, 5.41) is 17.4. The number of nitrogens with one attached hydrogen (secondary N) is 1. The monoisotopic (exact) mass is 278 g/mol. The van der Waals surface area contributed by atoms with E-state index in [1.54, 1.807) is 12.3 Å². The van der Waals surface area contributed by atoms with Gasteiger partial charge in [-0.25, -0.2) is 4.57 Å².